The van der Waals surface area contributed by atoms with Crippen molar-refractivity contribution in [2.75, 3.05) is 27.3 Å². The number of aryl methyl sites for hydroxylation is 1. The number of rotatable bonds is 6. The van der Waals surface area contributed by atoms with Crippen molar-refractivity contribution in [1.82, 2.24) is 15.2 Å². The molecule has 0 unspecified atom stereocenters. The van der Waals surface area contributed by atoms with E-state index in [2.05, 4.69) is 10.3 Å². The SMILES string of the molecule is COc1cccc(-c2nc(C(=O)N3CCC(NC(=O)c4ccccc4C)CC3)cs2)c1OC. The largest absolute Gasteiger partial charge is 0.493 e. The van der Waals surface area contributed by atoms with Gasteiger partial charge in [-0.05, 0) is 43.5 Å². The van der Waals surface area contributed by atoms with Crippen molar-refractivity contribution in [3.05, 3.63) is 64.7 Å². The molecule has 1 fully saturated rings. The van der Waals surface area contributed by atoms with E-state index in [9.17, 15) is 9.59 Å². The van der Waals surface area contributed by atoms with Crippen molar-refractivity contribution in [2.24, 2.45) is 0 Å². The minimum absolute atomic E-state index is 0.0493. The van der Waals surface area contributed by atoms with Crippen molar-refractivity contribution >= 4 is 23.2 Å². The molecule has 1 aliphatic rings. The normalized spacial score (nSPS) is 14.1. The van der Waals surface area contributed by atoms with Crippen LogP contribution in [0.25, 0.3) is 10.6 Å². The topological polar surface area (TPSA) is 80.8 Å². The minimum Gasteiger partial charge on any atom is -0.493 e. The first-order valence-corrected chi connectivity index (χ1v) is 11.7. The Bertz CT molecular complexity index is 1150. The lowest BCUT2D eigenvalue weighted by Gasteiger charge is -2.32. The molecule has 0 spiro atoms. The van der Waals surface area contributed by atoms with Crippen molar-refractivity contribution in [1.29, 1.82) is 0 Å². The van der Waals surface area contributed by atoms with E-state index in [4.69, 9.17) is 9.47 Å². The zero-order valence-electron chi connectivity index (χ0n) is 19.0. The lowest BCUT2D eigenvalue weighted by Crippen LogP contribution is -2.46. The highest BCUT2D eigenvalue weighted by atomic mass is 32.1. The third kappa shape index (κ3) is 4.85. The number of nitrogens with zero attached hydrogens (tertiary/aromatic N) is 2. The smallest absolute Gasteiger partial charge is 0.273 e. The average molecular weight is 466 g/mol. The van der Waals surface area contributed by atoms with Crippen LogP contribution in [0.4, 0.5) is 0 Å². The van der Waals surface area contributed by atoms with Gasteiger partial charge in [-0.2, -0.15) is 0 Å². The van der Waals surface area contributed by atoms with Gasteiger partial charge in [-0.25, -0.2) is 4.98 Å². The van der Waals surface area contributed by atoms with Crippen molar-refractivity contribution in [3.63, 3.8) is 0 Å². The molecule has 0 radical (unpaired) electrons. The second kappa shape index (κ2) is 10.0. The molecule has 172 valence electrons. The number of amides is 2. The van der Waals surface area contributed by atoms with Crippen LogP contribution in [0.15, 0.2) is 47.8 Å². The number of aromatic nitrogens is 1. The summed E-state index contributed by atoms with van der Waals surface area (Å²) in [6, 6.07) is 13.2. The summed E-state index contributed by atoms with van der Waals surface area (Å²) in [7, 11) is 3.18. The first-order chi connectivity index (χ1) is 16.0. The quantitative estimate of drug-likeness (QED) is 0.591. The molecule has 1 N–H and O–H groups in total. The maximum absolute atomic E-state index is 13.0. The van der Waals surface area contributed by atoms with Crippen LogP contribution in [0.2, 0.25) is 0 Å². The maximum atomic E-state index is 13.0. The van der Waals surface area contributed by atoms with Gasteiger partial charge in [0.15, 0.2) is 11.5 Å². The Kier molecular flexibility index (Phi) is 6.93. The van der Waals surface area contributed by atoms with Gasteiger partial charge in [-0.1, -0.05) is 24.3 Å². The van der Waals surface area contributed by atoms with E-state index in [0.717, 1.165) is 11.1 Å². The van der Waals surface area contributed by atoms with E-state index in [1.165, 1.54) is 11.3 Å². The molecule has 1 saturated heterocycles. The average Bonchev–Trinajstić information content (AvgIpc) is 3.34. The number of hydrogen-bond donors (Lipinski definition) is 1. The van der Waals surface area contributed by atoms with Gasteiger partial charge in [0.25, 0.3) is 11.8 Å². The van der Waals surface area contributed by atoms with Gasteiger partial charge in [0.1, 0.15) is 10.7 Å². The standard InChI is InChI=1S/C25H27N3O4S/c1-16-7-4-5-8-18(16)23(29)26-17-11-13-28(14-12-17)25(30)20-15-33-24(27-20)19-9-6-10-21(31-2)22(19)32-3/h4-10,15,17H,11-14H2,1-3H3,(H,26,29). The number of carbonyl (C=O) groups excluding carboxylic acids is 2. The first kappa shape index (κ1) is 22.8. The zero-order valence-corrected chi connectivity index (χ0v) is 19.8. The Labute approximate surface area is 197 Å². The molecule has 0 saturated carbocycles. The minimum atomic E-state index is -0.0944. The van der Waals surface area contributed by atoms with Crippen molar-refractivity contribution < 1.29 is 19.1 Å². The number of hydrogen-bond acceptors (Lipinski definition) is 6. The zero-order chi connectivity index (χ0) is 23.4. The van der Waals surface area contributed by atoms with E-state index >= 15 is 0 Å². The number of thiazole rings is 1. The Hall–Kier alpha value is -3.39. The third-order valence-corrected chi connectivity index (χ3v) is 6.74. The van der Waals surface area contributed by atoms with Crippen LogP contribution in [0.1, 0.15) is 39.3 Å². The van der Waals surface area contributed by atoms with Crippen LogP contribution in [0.3, 0.4) is 0 Å². The fourth-order valence-corrected chi connectivity index (χ4v) is 4.85. The van der Waals surface area contributed by atoms with Crippen LogP contribution < -0.4 is 14.8 Å². The number of benzene rings is 2. The van der Waals surface area contributed by atoms with Crippen molar-refractivity contribution in [2.45, 2.75) is 25.8 Å². The monoisotopic (exact) mass is 465 g/mol. The molecular formula is C25H27N3O4S. The molecule has 8 heteroatoms. The number of ether oxygens (including phenoxy) is 2. The number of piperidine rings is 1. The van der Waals surface area contributed by atoms with E-state index in [0.29, 0.717) is 53.7 Å². The third-order valence-electron chi connectivity index (χ3n) is 5.86. The van der Waals surface area contributed by atoms with Gasteiger partial charge in [0.05, 0.1) is 19.8 Å². The van der Waals surface area contributed by atoms with Crippen LogP contribution >= 0.6 is 11.3 Å². The molecule has 7 nitrogen and oxygen atoms in total. The first-order valence-electron chi connectivity index (χ1n) is 10.8. The Morgan fingerprint density at radius 1 is 1.06 bits per heavy atom. The highest BCUT2D eigenvalue weighted by Gasteiger charge is 2.27. The molecule has 2 heterocycles. The molecule has 0 aliphatic carbocycles. The molecule has 33 heavy (non-hydrogen) atoms. The summed E-state index contributed by atoms with van der Waals surface area (Å²) in [5.74, 6) is 1.06. The summed E-state index contributed by atoms with van der Waals surface area (Å²) in [4.78, 5) is 32.0. The Balaban J connectivity index is 1.39. The summed E-state index contributed by atoms with van der Waals surface area (Å²) >= 11 is 1.40. The van der Waals surface area contributed by atoms with Gasteiger partial charge >= 0.3 is 0 Å². The maximum Gasteiger partial charge on any atom is 0.273 e. The molecule has 3 aromatic rings. The number of likely N-dealkylation sites (tertiary alicyclic amines) is 1. The molecule has 2 amide bonds. The summed E-state index contributed by atoms with van der Waals surface area (Å²) < 4.78 is 10.9. The van der Waals surface area contributed by atoms with E-state index < -0.39 is 0 Å². The summed E-state index contributed by atoms with van der Waals surface area (Å²) in [6.45, 7) is 3.08. The lowest BCUT2D eigenvalue weighted by molar-refractivity contribution is 0.0693. The van der Waals surface area contributed by atoms with Crippen LogP contribution in [0.5, 0.6) is 11.5 Å². The van der Waals surface area contributed by atoms with E-state index in [-0.39, 0.29) is 17.9 Å². The fourth-order valence-electron chi connectivity index (χ4n) is 4.03. The highest BCUT2D eigenvalue weighted by molar-refractivity contribution is 7.13. The van der Waals surface area contributed by atoms with E-state index in [1.807, 2.05) is 49.4 Å². The number of carbonyl (C=O) groups is 2. The van der Waals surface area contributed by atoms with Crippen LogP contribution in [-0.4, -0.2) is 55.0 Å². The summed E-state index contributed by atoms with van der Waals surface area (Å²) in [6.07, 6.45) is 1.42. The molecule has 0 atom stereocenters. The molecule has 4 rings (SSSR count). The predicted octanol–water partition coefficient (Wildman–Crippen LogP) is 4.17. The number of methoxy groups -OCH3 is 2. The van der Waals surface area contributed by atoms with Gasteiger partial charge in [-0.3, -0.25) is 9.59 Å². The molecule has 1 aromatic heterocycles. The fraction of sp³-hybridized carbons (Fsp3) is 0.320. The van der Waals surface area contributed by atoms with Crippen LogP contribution in [-0.2, 0) is 0 Å². The van der Waals surface area contributed by atoms with E-state index in [1.54, 1.807) is 24.5 Å². The molecule has 2 aromatic carbocycles. The summed E-state index contributed by atoms with van der Waals surface area (Å²) in [5, 5.41) is 5.59. The van der Waals surface area contributed by atoms with Crippen LogP contribution in [0, 0.1) is 6.92 Å². The second-order valence-electron chi connectivity index (χ2n) is 7.93. The van der Waals surface area contributed by atoms with Gasteiger partial charge < -0.3 is 19.7 Å². The summed E-state index contributed by atoms with van der Waals surface area (Å²) in [5.41, 5.74) is 2.86. The van der Waals surface area contributed by atoms with Gasteiger partial charge in [0.2, 0.25) is 0 Å². The van der Waals surface area contributed by atoms with Gasteiger partial charge in [0, 0.05) is 30.1 Å². The lowest BCUT2D eigenvalue weighted by atomic mass is 10.0. The number of nitrogens with one attached hydrogen (secondary N) is 1. The second-order valence-corrected chi connectivity index (χ2v) is 8.79. The number of para-hydroxylation sites is 1. The Morgan fingerprint density at radius 3 is 2.52 bits per heavy atom. The highest BCUT2D eigenvalue weighted by Crippen LogP contribution is 2.39. The molecular weight excluding hydrogens is 438 g/mol. The Morgan fingerprint density at radius 2 is 1.82 bits per heavy atom. The predicted molar refractivity (Wildman–Crippen MR) is 128 cm³/mol. The molecule has 1 aliphatic heterocycles. The van der Waals surface area contributed by atoms with Gasteiger partial charge in [-0.15, -0.1) is 11.3 Å². The molecule has 0 bridgehead atoms. The van der Waals surface area contributed by atoms with Crippen molar-refractivity contribution in [3.8, 4) is 22.1 Å².